The molecule has 0 aliphatic carbocycles. The van der Waals surface area contributed by atoms with Gasteiger partial charge in [-0.15, -0.1) is 0 Å². The number of benzene rings is 3. The van der Waals surface area contributed by atoms with Crippen LogP contribution in [0.3, 0.4) is 0 Å². The molecular formula is C24H22N2O5S2. The molecule has 0 heterocycles. The van der Waals surface area contributed by atoms with Gasteiger partial charge >= 0.3 is 0 Å². The van der Waals surface area contributed by atoms with E-state index in [0.717, 1.165) is 14.8 Å². The summed E-state index contributed by atoms with van der Waals surface area (Å²) in [6.45, 7) is 1.97. The monoisotopic (exact) mass is 482 g/mol. The highest BCUT2D eigenvalue weighted by molar-refractivity contribution is 7.99. The standard InChI is InChI=1S/C24H22N2O5S2/c1-17-4-10-20(11-5-17)32-24-15-7-18(16-22(24)26(28)29)6-14-23(27)19-8-12-21(13-9-19)33(30,31)25(2)3/h4-16H,1-3H3/b14-6+. The number of hydrogen-bond donors (Lipinski definition) is 0. The molecule has 0 radical (unpaired) electrons. The van der Waals surface area contributed by atoms with Gasteiger partial charge in [0.05, 0.1) is 14.7 Å². The SMILES string of the molecule is Cc1ccc(Sc2ccc(/C=C/C(=O)c3ccc(S(=O)(=O)N(C)C)cc3)cc2[N+](=O)[O-])cc1. The van der Waals surface area contributed by atoms with Gasteiger partial charge in [-0.2, -0.15) is 0 Å². The van der Waals surface area contributed by atoms with Crippen molar-refractivity contribution in [2.45, 2.75) is 21.6 Å². The Morgan fingerprint density at radius 3 is 2.21 bits per heavy atom. The molecule has 0 aromatic heterocycles. The van der Waals surface area contributed by atoms with Crippen LogP contribution in [0.25, 0.3) is 6.08 Å². The molecule has 7 nitrogen and oxygen atoms in total. The van der Waals surface area contributed by atoms with Crippen LogP contribution in [-0.4, -0.2) is 37.5 Å². The zero-order valence-electron chi connectivity index (χ0n) is 18.3. The first kappa shape index (κ1) is 24.4. The third kappa shape index (κ3) is 5.95. The fourth-order valence-electron chi connectivity index (χ4n) is 2.87. The summed E-state index contributed by atoms with van der Waals surface area (Å²) in [5, 5.41) is 11.6. The fraction of sp³-hybridized carbons (Fsp3) is 0.125. The predicted octanol–water partition coefficient (Wildman–Crippen LogP) is 5.20. The molecule has 0 fully saturated rings. The van der Waals surface area contributed by atoms with Crippen LogP contribution in [0.5, 0.6) is 0 Å². The van der Waals surface area contributed by atoms with Crippen molar-refractivity contribution in [1.29, 1.82) is 0 Å². The van der Waals surface area contributed by atoms with E-state index in [9.17, 15) is 23.3 Å². The second-order valence-electron chi connectivity index (χ2n) is 7.41. The number of nitro benzene ring substituents is 1. The third-order valence-electron chi connectivity index (χ3n) is 4.77. The number of carbonyl (C=O) groups is 1. The maximum Gasteiger partial charge on any atom is 0.283 e. The topological polar surface area (TPSA) is 97.6 Å². The van der Waals surface area contributed by atoms with Crippen molar-refractivity contribution in [3.8, 4) is 0 Å². The van der Waals surface area contributed by atoms with E-state index in [4.69, 9.17) is 0 Å². The Kier molecular flexibility index (Phi) is 7.47. The van der Waals surface area contributed by atoms with Crippen LogP contribution >= 0.6 is 11.8 Å². The fourth-order valence-corrected chi connectivity index (χ4v) is 4.67. The van der Waals surface area contributed by atoms with Gasteiger partial charge in [-0.3, -0.25) is 14.9 Å². The molecule has 0 bridgehead atoms. The van der Waals surface area contributed by atoms with E-state index >= 15 is 0 Å². The van der Waals surface area contributed by atoms with Gasteiger partial charge in [0.1, 0.15) is 0 Å². The minimum Gasteiger partial charge on any atom is -0.289 e. The Balaban J connectivity index is 1.79. The summed E-state index contributed by atoms with van der Waals surface area (Å²) in [6.07, 6.45) is 2.81. The third-order valence-corrected chi connectivity index (χ3v) is 7.68. The molecule has 0 saturated heterocycles. The highest BCUT2D eigenvalue weighted by Gasteiger charge is 2.18. The highest BCUT2D eigenvalue weighted by atomic mass is 32.2. The molecule has 0 aliphatic heterocycles. The van der Waals surface area contributed by atoms with Crippen molar-refractivity contribution >= 4 is 39.3 Å². The zero-order chi connectivity index (χ0) is 24.2. The van der Waals surface area contributed by atoms with E-state index in [1.807, 2.05) is 31.2 Å². The summed E-state index contributed by atoms with van der Waals surface area (Å²) in [5.41, 5.74) is 1.88. The maximum atomic E-state index is 12.5. The first-order chi connectivity index (χ1) is 15.6. The molecule has 0 aliphatic rings. The van der Waals surface area contributed by atoms with E-state index in [1.54, 1.807) is 12.1 Å². The quantitative estimate of drug-likeness (QED) is 0.189. The van der Waals surface area contributed by atoms with E-state index < -0.39 is 14.9 Å². The van der Waals surface area contributed by atoms with Crippen molar-refractivity contribution < 1.29 is 18.1 Å². The number of aryl methyl sites for hydroxylation is 1. The van der Waals surface area contributed by atoms with Gasteiger partial charge in [0.15, 0.2) is 5.78 Å². The molecule has 0 amide bonds. The van der Waals surface area contributed by atoms with Crippen LogP contribution < -0.4 is 0 Å². The first-order valence-electron chi connectivity index (χ1n) is 9.86. The molecule has 3 rings (SSSR count). The summed E-state index contributed by atoms with van der Waals surface area (Å²) in [7, 11) is -0.715. The Morgan fingerprint density at radius 2 is 1.64 bits per heavy atom. The zero-order valence-corrected chi connectivity index (χ0v) is 19.9. The van der Waals surface area contributed by atoms with Crippen LogP contribution in [0, 0.1) is 17.0 Å². The maximum absolute atomic E-state index is 12.5. The Hall–Kier alpha value is -3.27. The predicted molar refractivity (Wildman–Crippen MR) is 129 cm³/mol. The van der Waals surface area contributed by atoms with Crippen LogP contribution in [0.1, 0.15) is 21.5 Å². The summed E-state index contributed by atoms with van der Waals surface area (Å²) in [4.78, 5) is 25.1. The molecule has 3 aromatic carbocycles. The summed E-state index contributed by atoms with van der Waals surface area (Å²) < 4.78 is 25.4. The Morgan fingerprint density at radius 1 is 1.00 bits per heavy atom. The molecule has 33 heavy (non-hydrogen) atoms. The number of ketones is 1. The number of rotatable bonds is 8. The number of sulfonamides is 1. The lowest BCUT2D eigenvalue weighted by atomic mass is 10.1. The summed E-state index contributed by atoms with van der Waals surface area (Å²) >= 11 is 1.30. The smallest absolute Gasteiger partial charge is 0.283 e. The average Bonchev–Trinajstić information content (AvgIpc) is 2.79. The lowest BCUT2D eigenvalue weighted by molar-refractivity contribution is -0.387. The van der Waals surface area contributed by atoms with Gasteiger partial charge in [0.25, 0.3) is 5.69 Å². The van der Waals surface area contributed by atoms with Crippen molar-refractivity contribution in [3.05, 3.63) is 99.6 Å². The van der Waals surface area contributed by atoms with Crippen LogP contribution in [-0.2, 0) is 10.0 Å². The normalized spacial score (nSPS) is 11.8. The van der Waals surface area contributed by atoms with Crippen LogP contribution in [0.2, 0.25) is 0 Å². The minimum absolute atomic E-state index is 0.0478. The largest absolute Gasteiger partial charge is 0.289 e. The van der Waals surface area contributed by atoms with E-state index in [1.165, 1.54) is 68.3 Å². The highest BCUT2D eigenvalue weighted by Crippen LogP contribution is 2.35. The van der Waals surface area contributed by atoms with Crippen LogP contribution in [0.15, 0.2) is 87.5 Å². The van der Waals surface area contributed by atoms with Gasteiger partial charge < -0.3 is 0 Å². The Labute approximate surface area is 197 Å². The van der Waals surface area contributed by atoms with E-state index in [2.05, 4.69) is 0 Å². The van der Waals surface area contributed by atoms with E-state index in [0.29, 0.717) is 16.0 Å². The summed E-state index contributed by atoms with van der Waals surface area (Å²) in [5.74, 6) is -0.343. The van der Waals surface area contributed by atoms with Crippen molar-refractivity contribution in [3.63, 3.8) is 0 Å². The lowest BCUT2D eigenvalue weighted by Crippen LogP contribution is -2.22. The molecule has 3 aromatic rings. The molecule has 170 valence electrons. The average molecular weight is 483 g/mol. The molecule has 0 spiro atoms. The minimum atomic E-state index is -3.58. The van der Waals surface area contributed by atoms with Crippen molar-refractivity contribution in [1.82, 2.24) is 4.31 Å². The van der Waals surface area contributed by atoms with Gasteiger partial charge in [-0.1, -0.05) is 41.6 Å². The van der Waals surface area contributed by atoms with E-state index in [-0.39, 0.29) is 16.4 Å². The van der Waals surface area contributed by atoms with Crippen molar-refractivity contribution in [2.24, 2.45) is 0 Å². The second kappa shape index (κ2) is 10.1. The molecule has 0 unspecified atom stereocenters. The number of nitro groups is 1. The second-order valence-corrected chi connectivity index (χ2v) is 10.7. The number of hydrogen-bond acceptors (Lipinski definition) is 6. The molecule has 0 saturated carbocycles. The molecular weight excluding hydrogens is 460 g/mol. The first-order valence-corrected chi connectivity index (χ1v) is 12.1. The number of nitrogens with zero attached hydrogens (tertiary/aromatic N) is 2. The van der Waals surface area contributed by atoms with Gasteiger partial charge in [0, 0.05) is 30.6 Å². The molecule has 9 heteroatoms. The molecule has 0 atom stereocenters. The lowest BCUT2D eigenvalue weighted by Gasteiger charge is -2.11. The summed E-state index contributed by atoms with van der Waals surface area (Å²) in [6, 6.07) is 18.1. The van der Waals surface area contributed by atoms with Gasteiger partial charge in [-0.25, -0.2) is 12.7 Å². The number of carbonyl (C=O) groups excluding carboxylic acids is 1. The van der Waals surface area contributed by atoms with Gasteiger partial charge in [0.2, 0.25) is 10.0 Å². The van der Waals surface area contributed by atoms with Gasteiger partial charge in [-0.05, 0) is 61.0 Å². The Bertz CT molecular complexity index is 1310. The molecule has 0 N–H and O–H groups in total. The van der Waals surface area contributed by atoms with Crippen molar-refractivity contribution in [2.75, 3.05) is 14.1 Å². The van der Waals surface area contributed by atoms with Crippen LogP contribution in [0.4, 0.5) is 5.69 Å². The number of allylic oxidation sites excluding steroid dienone is 1.